The van der Waals surface area contributed by atoms with Gasteiger partial charge in [-0.3, -0.25) is 4.79 Å². The summed E-state index contributed by atoms with van der Waals surface area (Å²) in [6, 6.07) is 23.3. The first-order valence-corrected chi connectivity index (χ1v) is 8.86. The van der Waals surface area contributed by atoms with E-state index in [1.165, 1.54) is 0 Å². The third-order valence-corrected chi connectivity index (χ3v) is 5.25. The number of carbonyl (C=O) groups excluding carboxylic acids is 1. The van der Waals surface area contributed by atoms with Gasteiger partial charge >= 0.3 is 0 Å². The predicted octanol–water partition coefficient (Wildman–Crippen LogP) is 3.43. The summed E-state index contributed by atoms with van der Waals surface area (Å²) in [6.07, 6.45) is 1.76. The van der Waals surface area contributed by atoms with Crippen LogP contribution < -0.4 is 5.32 Å². The lowest BCUT2D eigenvalue weighted by Crippen LogP contribution is -2.30. The molecule has 4 rings (SSSR count). The lowest BCUT2D eigenvalue weighted by Gasteiger charge is -2.32. The molecule has 1 aliphatic rings. The van der Waals surface area contributed by atoms with Crippen LogP contribution in [0.2, 0.25) is 0 Å². The molecule has 0 aliphatic heterocycles. The summed E-state index contributed by atoms with van der Waals surface area (Å²) in [4.78, 5) is 12.1. The number of hydrogen-bond acceptors (Lipinski definition) is 2. The third-order valence-electron chi connectivity index (χ3n) is 5.25. The lowest BCUT2D eigenvalue weighted by atomic mass is 9.78. The van der Waals surface area contributed by atoms with Crippen molar-refractivity contribution in [3.63, 3.8) is 0 Å². The number of aliphatic hydroxyl groups is 1. The summed E-state index contributed by atoms with van der Waals surface area (Å²) >= 11 is 0. The van der Waals surface area contributed by atoms with Crippen LogP contribution in [0.4, 0.5) is 0 Å². The Morgan fingerprint density at radius 1 is 0.885 bits per heavy atom. The molecule has 3 aromatic rings. The summed E-state index contributed by atoms with van der Waals surface area (Å²) in [7, 11) is 1.61. The third kappa shape index (κ3) is 2.52. The van der Waals surface area contributed by atoms with E-state index in [-0.39, 0.29) is 5.91 Å². The minimum Gasteiger partial charge on any atom is -0.376 e. The summed E-state index contributed by atoms with van der Waals surface area (Å²) < 4.78 is 0. The highest BCUT2D eigenvalue weighted by atomic mass is 16.3. The molecule has 0 saturated carbocycles. The molecular formula is C23H21NO2. The fourth-order valence-corrected chi connectivity index (χ4v) is 3.94. The number of fused-ring (bicyclic) bond motifs is 2. The Kier molecular flexibility index (Phi) is 4.09. The van der Waals surface area contributed by atoms with Crippen LogP contribution in [0.15, 0.2) is 72.8 Å². The van der Waals surface area contributed by atoms with Gasteiger partial charge in [-0.05, 0) is 52.8 Å². The Bertz CT molecular complexity index is 930. The van der Waals surface area contributed by atoms with Gasteiger partial charge in [0.15, 0.2) is 0 Å². The van der Waals surface area contributed by atoms with E-state index >= 15 is 0 Å². The number of aryl methyl sites for hydroxylation is 2. The van der Waals surface area contributed by atoms with Crippen molar-refractivity contribution in [1.29, 1.82) is 0 Å². The fraction of sp³-hybridized carbons (Fsp3) is 0.174. The van der Waals surface area contributed by atoms with Crippen molar-refractivity contribution in [1.82, 2.24) is 5.32 Å². The molecule has 3 heteroatoms. The second kappa shape index (κ2) is 6.43. The molecule has 26 heavy (non-hydrogen) atoms. The van der Waals surface area contributed by atoms with Crippen molar-refractivity contribution in [2.75, 3.05) is 7.05 Å². The molecule has 1 aliphatic carbocycles. The minimum atomic E-state index is -1.28. The quantitative estimate of drug-likeness (QED) is 0.749. The van der Waals surface area contributed by atoms with Gasteiger partial charge in [0, 0.05) is 12.6 Å². The van der Waals surface area contributed by atoms with Gasteiger partial charge in [0.1, 0.15) is 5.60 Å². The topological polar surface area (TPSA) is 49.3 Å². The molecule has 0 heterocycles. The Hall–Kier alpha value is -2.91. The molecule has 3 nitrogen and oxygen atoms in total. The molecule has 0 aromatic heterocycles. The van der Waals surface area contributed by atoms with E-state index in [1.54, 1.807) is 19.2 Å². The SMILES string of the molecule is CNC(=O)c1cccc(C2(O)c3ccccc3CCc3ccccc32)c1. The van der Waals surface area contributed by atoms with Crippen LogP contribution in [0.5, 0.6) is 0 Å². The fourth-order valence-electron chi connectivity index (χ4n) is 3.94. The van der Waals surface area contributed by atoms with E-state index in [9.17, 15) is 9.90 Å². The maximum absolute atomic E-state index is 12.1. The summed E-state index contributed by atoms with van der Waals surface area (Å²) in [5, 5.41) is 14.7. The Balaban J connectivity index is 2.01. The number of carbonyl (C=O) groups is 1. The van der Waals surface area contributed by atoms with Gasteiger partial charge < -0.3 is 10.4 Å². The van der Waals surface area contributed by atoms with E-state index in [1.807, 2.05) is 48.5 Å². The second-order valence-electron chi connectivity index (χ2n) is 6.68. The van der Waals surface area contributed by atoms with Crippen LogP contribution in [0, 0.1) is 0 Å². The first kappa shape index (κ1) is 16.6. The molecule has 0 bridgehead atoms. The highest BCUT2D eigenvalue weighted by molar-refractivity contribution is 5.94. The molecule has 2 N–H and O–H groups in total. The van der Waals surface area contributed by atoms with Crippen LogP contribution in [-0.4, -0.2) is 18.1 Å². The predicted molar refractivity (Wildman–Crippen MR) is 102 cm³/mol. The first-order chi connectivity index (χ1) is 12.6. The average molecular weight is 343 g/mol. The van der Waals surface area contributed by atoms with Crippen LogP contribution in [0.25, 0.3) is 0 Å². The van der Waals surface area contributed by atoms with Crippen LogP contribution >= 0.6 is 0 Å². The van der Waals surface area contributed by atoms with Crippen molar-refractivity contribution in [3.05, 3.63) is 106 Å². The van der Waals surface area contributed by atoms with Gasteiger partial charge in [-0.1, -0.05) is 60.7 Å². The van der Waals surface area contributed by atoms with Crippen LogP contribution in [0.3, 0.4) is 0 Å². The van der Waals surface area contributed by atoms with Crippen molar-refractivity contribution >= 4 is 5.91 Å². The first-order valence-electron chi connectivity index (χ1n) is 8.86. The summed E-state index contributed by atoms with van der Waals surface area (Å²) in [5.74, 6) is -0.161. The number of benzene rings is 3. The zero-order valence-electron chi connectivity index (χ0n) is 14.7. The second-order valence-corrected chi connectivity index (χ2v) is 6.68. The summed E-state index contributed by atoms with van der Waals surface area (Å²) in [5.41, 5.74) is 4.01. The molecule has 0 fully saturated rings. The van der Waals surface area contributed by atoms with Crippen LogP contribution in [0.1, 0.15) is 38.2 Å². The van der Waals surface area contributed by atoms with Crippen molar-refractivity contribution < 1.29 is 9.90 Å². The lowest BCUT2D eigenvalue weighted by molar-refractivity contribution is 0.0962. The van der Waals surface area contributed by atoms with E-state index in [0.717, 1.165) is 35.1 Å². The maximum atomic E-state index is 12.1. The number of amides is 1. The molecule has 0 unspecified atom stereocenters. The van der Waals surface area contributed by atoms with E-state index in [0.29, 0.717) is 11.1 Å². The zero-order chi connectivity index (χ0) is 18.1. The molecule has 0 radical (unpaired) electrons. The van der Waals surface area contributed by atoms with Gasteiger partial charge in [0.2, 0.25) is 0 Å². The summed E-state index contributed by atoms with van der Waals surface area (Å²) in [6.45, 7) is 0. The normalized spacial score (nSPS) is 14.7. The van der Waals surface area contributed by atoms with Gasteiger partial charge in [0.25, 0.3) is 5.91 Å². The van der Waals surface area contributed by atoms with Crippen LogP contribution in [-0.2, 0) is 18.4 Å². The van der Waals surface area contributed by atoms with Crippen molar-refractivity contribution in [2.45, 2.75) is 18.4 Å². The standard InChI is InChI=1S/C23H21NO2/c1-24-22(25)18-9-6-10-19(15-18)23(26)20-11-4-2-7-16(20)13-14-17-8-3-5-12-21(17)23/h2-12,15,26H,13-14H2,1H3,(H,24,25). The molecule has 130 valence electrons. The highest BCUT2D eigenvalue weighted by Gasteiger charge is 2.39. The number of hydrogen-bond donors (Lipinski definition) is 2. The van der Waals surface area contributed by atoms with Gasteiger partial charge in [-0.15, -0.1) is 0 Å². The molecule has 0 saturated heterocycles. The van der Waals surface area contributed by atoms with Gasteiger partial charge in [-0.25, -0.2) is 0 Å². The largest absolute Gasteiger partial charge is 0.376 e. The molecule has 1 amide bonds. The Morgan fingerprint density at radius 3 is 2.04 bits per heavy atom. The highest BCUT2D eigenvalue weighted by Crippen LogP contribution is 2.42. The monoisotopic (exact) mass is 343 g/mol. The minimum absolute atomic E-state index is 0.161. The maximum Gasteiger partial charge on any atom is 0.251 e. The number of nitrogens with one attached hydrogen (secondary N) is 1. The molecule has 0 atom stereocenters. The number of rotatable bonds is 2. The molecule has 0 spiro atoms. The van der Waals surface area contributed by atoms with Crippen molar-refractivity contribution in [2.24, 2.45) is 0 Å². The van der Waals surface area contributed by atoms with Gasteiger partial charge in [-0.2, -0.15) is 0 Å². The Morgan fingerprint density at radius 2 is 1.46 bits per heavy atom. The smallest absolute Gasteiger partial charge is 0.251 e. The Labute approximate surface area is 153 Å². The van der Waals surface area contributed by atoms with E-state index in [4.69, 9.17) is 0 Å². The van der Waals surface area contributed by atoms with Crippen molar-refractivity contribution in [3.8, 4) is 0 Å². The zero-order valence-corrected chi connectivity index (χ0v) is 14.7. The molecular weight excluding hydrogens is 322 g/mol. The van der Waals surface area contributed by atoms with E-state index in [2.05, 4.69) is 17.4 Å². The average Bonchev–Trinajstić information content (AvgIpc) is 2.84. The van der Waals surface area contributed by atoms with E-state index < -0.39 is 5.60 Å². The van der Waals surface area contributed by atoms with Gasteiger partial charge in [0.05, 0.1) is 0 Å². The molecule has 3 aromatic carbocycles.